The summed E-state index contributed by atoms with van der Waals surface area (Å²) in [7, 11) is 0. The molecule has 4 aromatic rings. The molecule has 2 heterocycles. The lowest BCUT2D eigenvalue weighted by Gasteiger charge is -2.14. The molecule has 1 aliphatic rings. The number of rotatable bonds is 4. The standard InChI is InChI=1S/C25H16ClN3O2S2/c26-18-8-10-20(11-9-18)29-24(31)22(33-25(29)32)14-17-15-28(19-4-2-1-3-5-19)27-23(17)16-6-12-21(30)13-7-16/h1-15,30H/b22-14+. The first kappa shape index (κ1) is 21.5. The normalized spacial score (nSPS) is 14.9. The fourth-order valence-electron chi connectivity index (χ4n) is 3.47. The van der Waals surface area contributed by atoms with Gasteiger partial charge in [0.05, 0.1) is 22.0 Å². The third-order valence-corrected chi connectivity index (χ3v) is 6.62. The summed E-state index contributed by atoms with van der Waals surface area (Å²) in [5.74, 6) is -0.0249. The molecule has 1 aromatic heterocycles. The molecule has 1 fully saturated rings. The lowest BCUT2D eigenvalue weighted by atomic mass is 10.1. The quantitative estimate of drug-likeness (QED) is 0.269. The smallest absolute Gasteiger partial charge is 0.270 e. The highest BCUT2D eigenvalue weighted by molar-refractivity contribution is 8.27. The number of aromatic hydroxyl groups is 1. The molecule has 33 heavy (non-hydrogen) atoms. The minimum absolute atomic E-state index is 0.173. The van der Waals surface area contributed by atoms with Crippen molar-refractivity contribution in [1.29, 1.82) is 0 Å². The molecule has 162 valence electrons. The zero-order chi connectivity index (χ0) is 22.9. The summed E-state index contributed by atoms with van der Waals surface area (Å²) in [6, 6.07) is 23.5. The van der Waals surface area contributed by atoms with Gasteiger partial charge in [0.1, 0.15) is 5.75 Å². The number of halogens is 1. The molecule has 0 spiro atoms. The number of amides is 1. The van der Waals surface area contributed by atoms with Crippen molar-refractivity contribution in [1.82, 2.24) is 9.78 Å². The molecule has 3 aromatic carbocycles. The zero-order valence-electron chi connectivity index (χ0n) is 17.1. The monoisotopic (exact) mass is 489 g/mol. The number of thiocarbonyl (C=S) groups is 1. The Morgan fingerprint density at radius 3 is 2.33 bits per heavy atom. The van der Waals surface area contributed by atoms with E-state index in [1.807, 2.05) is 42.6 Å². The van der Waals surface area contributed by atoms with Gasteiger partial charge in [-0.25, -0.2) is 4.68 Å². The summed E-state index contributed by atoms with van der Waals surface area (Å²) in [6.07, 6.45) is 3.69. The van der Waals surface area contributed by atoms with E-state index >= 15 is 0 Å². The van der Waals surface area contributed by atoms with Crippen LogP contribution in [-0.4, -0.2) is 25.1 Å². The number of phenolic OH excluding ortho intramolecular Hbond substituents is 1. The maximum absolute atomic E-state index is 13.2. The highest BCUT2D eigenvalue weighted by atomic mass is 35.5. The Balaban J connectivity index is 1.57. The van der Waals surface area contributed by atoms with Gasteiger partial charge in [-0.15, -0.1) is 0 Å². The summed E-state index contributed by atoms with van der Waals surface area (Å²) in [4.78, 5) is 15.2. The Hall–Kier alpha value is -3.39. The van der Waals surface area contributed by atoms with E-state index in [9.17, 15) is 9.90 Å². The van der Waals surface area contributed by atoms with E-state index in [2.05, 4.69) is 0 Å². The summed E-state index contributed by atoms with van der Waals surface area (Å²) in [5.41, 5.74) is 3.84. The topological polar surface area (TPSA) is 58.4 Å². The number of nitrogens with zero attached hydrogens (tertiary/aromatic N) is 3. The van der Waals surface area contributed by atoms with Crippen LogP contribution in [0.25, 0.3) is 23.0 Å². The van der Waals surface area contributed by atoms with Crippen LogP contribution in [0.15, 0.2) is 90.0 Å². The van der Waals surface area contributed by atoms with Crippen molar-refractivity contribution in [2.75, 3.05) is 4.90 Å². The van der Waals surface area contributed by atoms with Crippen LogP contribution in [-0.2, 0) is 4.79 Å². The van der Waals surface area contributed by atoms with E-state index in [0.29, 0.717) is 25.6 Å². The molecule has 5 nitrogen and oxygen atoms in total. The van der Waals surface area contributed by atoms with Crippen LogP contribution in [0.4, 0.5) is 5.69 Å². The van der Waals surface area contributed by atoms with Crippen LogP contribution in [0.3, 0.4) is 0 Å². The van der Waals surface area contributed by atoms with Crippen molar-refractivity contribution < 1.29 is 9.90 Å². The summed E-state index contributed by atoms with van der Waals surface area (Å²) in [6.45, 7) is 0. The van der Waals surface area contributed by atoms with Crippen molar-refractivity contribution >= 4 is 57.6 Å². The number of thioether (sulfide) groups is 1. The van der Waals surface area contributed by atoms with Gasteiger partial charge in [-0.1, -0.05) is 53.8 Å². The Morgan fingerprint density at radius 1 is 0.939 bits per heavy atom. The Bertz CT molecular complexity index is 1380. The average Bonchev–Trinajstić information content (AvgIpc) is 3.36. The predicted octanol–water partition coefficient (Wildman–Crippen LogP) is 6.30. The largest absolute Gasteiger partial charge is 0.508 e. The molecule has 0 saturated carbocycles. The first-order valence-electron chi connectivity index (χ1n) is 9.97. The summed E-state index contributed by atoms with van der Waals surface area (Å²) < 4.78 is 2.23. The van der Waals surface area contributed by atoms with Crippen LogP contribution in [0.5, 0.6) is 5.75 Å². The Morgan fingerprint density at radius 2 is 1.64 bits per heavy atom. The first-order valence-corrected chi connectivity index (χ1v) is 11.6. The van der Waals surface area contributed by atoms with Crippen LogP contribution < -0.4 is 4.90 Å². The second kappa shape index (κ2) is 8.86. The SMILES string of the molecule is O=C1/C(=C\c2cn(-c3ccccc3)nc2-c2ccc(O)cc2)SC(=S)N1c1ccc(Cl)cc1. The summed E-state index contributed by atoms with van der Waals surface area (Å²) in [5, 5.41) is 15.0. The molecule has 8 heteroatoms. The second-order valence-corrected chi connectivity index (χ2v) is 9.37. The van der Waals surface area contributed by atoms with Crippen molar-refractivity contribution in [3.05, 3.63) is 101 Å². The van der Waals surface area contributed by atoms with Gasteiger partial charge in [-0.3, -0.25) is 9.69 Å². The number of carbonyl (C=O) groups excluding carboxylic acids is 1. The van der Waals surface area contributed by atoms with Crippen LogP contribution in [0.2, 0.25) is 5.02 Å². The minimum atomic E-state index is -0.198. The molecule has 5 rings (SSSR count). The number of anilines is 1. The lowest BCUT2D eigenvalue weighted by Crippen LogP contribution is -2.27. The maximum Gasteiger partial charge on any atom is 0.270 e. The van der Waals surface area contributed by atoms with Gasteiger partial charge in [-0.2, -0.15) is 5.10 Å². The van der Waals surface area contributed by atoms with Crippen LogP contribution in [0, 0.1) is 0 Å². The number of hydrogen-bond donors (Lipinski definition) is 1. The third-order valence-electron chi connectivity index (χ3n) is 5.07. The third kappa shape index (κ3) is 4.30. The molecule has 1 amide bonds. The van der Waals surface area contributed by atoms with Gasteiger partial charge in [0.25, 0.3) is 5.91 Å². The second-order valence-electron chi connectivity index (χ2n) is 7.25. The molecule has 0 unspecified atom stereocenters. The van der Waals surface area contributed by atoms with E-state index in [1.165, 1.54) is 16.7 Å². The van der Waals surface area contributed by atoms with Gasteiger partial charge >= 0.3 is 0 Å². The van der Waals surface area contributed by atoms with Gasteiger partial charge < -0.3 is 5.11 Å². The first-order chi connectivity index (χ1) is 16.0. The Labute approximate surface area is 204 Å². The van der Waals surface area contributed by atoms with Crippen LogP contribution >= 0.6 is 35.6 Å². The van der Waals surface area contributed by atoms with Gasteiger partial charge in [-0.05, 0) is 66.7 Å². The van der Waals surface area contributed by atoms with Gasteiger partial charge in [0.2, 0.25) is 0 Å². The minimum Gasteiger partial charge on any atom is -0.508 e. The predicted molar refractivity (Wildman–Crippen MR) is 138 cm³/mol. The van der Waals surface area contributed by atoms with E-state index in [1.54, 1.807) is 53.2 Å². The number of phenols is 1. The molecule has 0 aliphatic carbocycles. The number of aromatic nitrogens is 2. The molecule has 1 saturated heterocycles. The fourth-order valence-corrected chi connectivity index (χ4v) is 4.89. The molecule has 1 N–H and O–H groups in total. The maximum atomic E-state index is 13.2. The van der Waals surface area contributed by atoms with Crippen molar-refractivity contribution in [3.63, 3.8) is 0 Å². The molecule has 1 aliphatic heterocycles. The van der Waals surface area contributed by atoms with Crippen molar-refractivity contribution in [2.45, 2.75) is 0 Å². The van der Waals surface area contributed by atoms with Gasteiger partial charge in [0.15, 0.2) is 4.32 Å². The fraction of sp³-hybridized carbons (Fsp3) is 0. The van der Waals surface area contributed by atoms with Gasteiger partial charge in [0, 0.05) is 22.3 Å². The highest BCUT2D eigenvalue weighted by Gasteiger charge is 2.33. The lowest BCUT2D eigenvalue weighted by molar-refractivity contribution is -0.113. The average molecular weight is 490 g/mol. The number of benzene rings is 3. The van der Waals surface area contributed by atoms with Crippen molar-refractivity contribution in [3.8, 4) is 22.7 Å². The van der Waals surface area contributed by atoms with Crippen LogP contribution in [0.1, 0.15) is 5.56 Å². The number of para-hydroxylation sites is 1. The molecular formula is C25H16ClN3O2S2. The highest BCUT2D eigenvalue weighted by Crippen LogP contribution is 2.37. The zero-order valence-corrected chi connectivity index (χ0v) is 19.4. The van der Waals surface area contributed by atoms with E-state index in [-0.39, 0.29) is 11.7 Å². The van der Waals surface area contributed by atoms with E-state index in [0.717, 1.165) is 16.8 Å². The molecule has 0 bridgehead atoms. The molecular weight excluding hydrogens is 474 g/mol. The molecule has 0 radical (unpaired) electrons. The van der Waals surface area contributed by atoms with E-state index < -0.39 is 0 Å². The summed E-state index contributed by atoms with van der Waals surface area (Å²) >= 11 is 12.7. The number of carbonyl (C=O) groups is 1. The molecule has 0 atom stereocenters. The van der Waals surface area contributed by atoms with Crippen molar-refractivity contribution in [2.24, 2.45) is 0 Å². The Kier molecular flexibility index (Phi) is 5.76. The number of hydrogen-bond acceptors (Lipinski definition) is 5. The van der Waals surface area contributed by atoms with E-state index in [4.69, 9.17) is 28.9 Å².